The lowest BCUT2D eigenvalue weighted by Crippen LogP contribution is -2.50. The summed E-state index contributed by atoms with van der Waals surface area (Å²) in [6, 6.07) is 8.44. The van der Waals surface area contributed by atoms with E-state index in [0.29, 0.717) is 0 Å². The molecule has 1 unspecified atom stereocenters. The van der Waals surface area contributed by atoms with Gasteiger partial charge >= 0.3 is 0 Å². The summed E-state index contributed by atoms with van der Waals surface area (Å²) in [5.41, 5.74) is 2.96. The van der Waals surface area contributed by atoms with Crippen molar-refractivity contribution in [3.05, 3.63) is 29.3 Å². The van der Waals surface area contributed by atoms with Gasteiger partial charge in [-0.3, -0.25) is 4.79 Å². The minimum atomic E-state index is -0.825. The molecule has 1 aromatic carbocycles. The van der Waals surface area contributed by atoms with Gasteiger partial charge in [-0.15, -0.1) is 0 Å². The Morgan fingerprint density at radius 1 is 1.36 bits per heavy atom. The minimum absolute atomic E-state index is 0.0611. The third-order valence-electron chi connectivity index (χ3n) is 4.62. The largest absolute Gasteiger partial charge is 0.376 e. The van der Waals surface area contributed by atoms with Crippen molar-refractivity contribution in [1.82, 2.24) is 5.32 Å². The number of rotatable bonds is 5. The van der Waals surface area contributed by atoms with Crippen LogP contribution in [0.3, 0.4) is 0 Å². The van der Waals surface area contributed by atoms with E-state index < -0.39 is 5.54 Å². The molecule has 0 radical (unpaired) electrons. The molecular formula is C18H25N3O. The lowest BCUT2D eigenvalue weighted by atomic mass is 9.90. The number of hydrogen-bond acceptors (Lipinski definition) is 3. The van der Waals surface area contributed by atoms with Crippen LogP contribution in [0.2, 0.25) is 0 Å². The molecule has 2 N–H and O–H groups in total. The highest BCUT2D eigenvalue weighted by atomic mass is 16.2. The molecule has 0 fully saturated rings. The maximum atomic E-state index is 12.1. The van der Waals surface area contributed by atoms with E-state index in [1.165, 1.54) is 24.0 Å². The quantitative estimate of drug-likeness (QED) is 0.878. The summed E-state index contributed by atoms with van der Waals surface area (Å²) >= 11 is 0. The molecule has 0 saturated carbocycles. The van der Waals surface area contributed by atoms with Crippen LogP contribution in [0.1, 0.15) is 44.7 Å². The molecule has 22 heavy (non-hydrogen) atoms. The third-order valence-corrected chi connectivity index (χ3v) is 4.62. The van der Waals surface area contributed by atoms with E-state index in [-0.39, 0.29) is 18.4 Å². The molecule has 2 rings (SSSR count). The van der Waals surface area contributed by atoms with Gasteiger partial charge in [0.25, 0.3) is 0 Å². The lowest BCUT2D eigenvalue weighted by molar-refractivity contribution is -0.121. The SMILES string of the molecule is CC(C)C(C)(C#N)NC(=O)CNc1cccc2c1CCCC2. The highest BCUT2D eigenvalue weighted by Crippen LogP contribution is 2.27. The normalized spacial score (nSPS) is 16.3. The molecule has 0 spiro atoms. The number of nitriles is 1. The summed E-state index contributed by atoms with van der Waals surface area (Å²) in [6.45, 7) is 5.83. The van der Waals surface area contributed by atoms with Gasteiger partial charge in [0.05, 0.1) is 12.6 Å². The van der Waals surface area contributed by atoms with Gasteiger partial charge in [0.1, 0.15) is 5.54 Å². The fourth-order valence-electron chi connectivity index (χ4n) is 2.76. The van der Waals surface area contributed by atoms with Crippen molar-refractivity contribution >= 4 is 11.6 Å². The Kier molecular flexibility index (Phi) is 5.07. The predicted octanol–water partition coefficient (Wildman–Crippen LogP) is 3.03. The number of benzene rings is 1. The lowest BCUT2D eigenvalue weighted by Gasteiger charge is -2.27. The van der Waals surface area contributed by atoms with Gasteiger partial charge in [-0.1, -0.05) is 26.0 Å². The summed E-state index contributed by atoms with van der Waals surface area (Å²) in [5.74, 6) is -0.0860. The number of hydrogen-bond donors (Lipinski definition) is 2. The van der Waals surface area contributed by atoms with Crippen LogP contribution in [0.15, 0.2) is 18.2 Å². The third kappa shape index (κ3) is 3.59. The smallest absolute Gasteiger partial charge is 0.240 e. The Labute approximate surface area is 132 Å². The molecule has 118 valence electrons. The molecular weight excluding hydrogens is 274 g/mol. The van der Waals surface area contributed by atoms with Crippen LogP contribution >= 0.6 is 0 Å². The molecule has 0 heterocycles. The number of aryl methyl sites for hydroxylation is 1. The summed E-state index contributed by atoms with van der Waals surface area (Å²) in [4.78, 5) is 12.1. The van der Waals surface area contributed by atoms with E-state index in [1.54, 1.807) is 6.92 Å². The summed E-state index contributed by atoms with van der Waals surface area (Å²) in [6.07, 6.45) is 4.64. The second-order valence-electron chi connectivity index (χ2n) is 6.52. The standard InChI is InChI=1S/C18H25N3O/c1-13(2)18(3,12-19)21-17(22)11-20-16-10-6-8-14-7-4-5-9-15(14)16/h6,8,10,13,20H,4-5,7,9,11H2,1-3H3,(H,21,22). The van der Waals surface area contributed by atoms with E-state index in [2.05, 4.69) is 22.8 Å². The molecule has 0 saturated heterocycles. The Hall–Kier alpha value is -2.02. The number of anilines is 1. The van der Waals surface area contributed by atoms with Gasteiger partial charge in [0.2, 0.25) is 5.91 Å². The molecule has 1 amide bonds. The maximum Gasteiger partial charge on any atom is 0.240 e. The fourth-order valence-corrected chi connectivity index (χ4v) is 2.76. The fraction of sp³-hybridized carbons (Fsp3) is 0.556. The van der Waals surface area contributed by atoms with Gasteiger partial charge in [0.15, 0.2) is 0 Å². The van der Waals surface area contributed by atoms with Crippen molar-refractivity contribution in [3.8, 4) is 6.07 Å². The van der Waals surface area contributed by atoms with Crippen LogP contribution in [0.25, 0.3) is 0 Å². The average molecular weight is 299 g/mol. The van der Waals surface area contributed by atoms with Gasteiger partial charge in [-0.05, 0) is 55.7 Å². The van der Waals surface area contributed by atoms with Gasteiger partial charge in [-0.2, -0.15) is 5.26 Å². The number of amides is 1. The second-order valence-corrected chi connectivity index (χ2v) is 6.52. The zero-order valence-electron chi connectivity index (χ0n) is 13.7. The van der Waals surface area contributed by atoms with Crippen LogP contribution in [-0.4, -0.2) is 18.0 Å². The molecule has 0 bridgehead atoms. The van der Waals surface area contributed by atoms with Crippen molar-refractivity contribution < 1.29 is 4.79 Å². The number of nitrogens with zero attached hydrogens (tertiary/aromatic N) is 1. The van der Waals surface area contributed by atoms with E-state index in [0.717, 1.165) is 18.5 Å². The van der Waals surface area contributed by atoms with Gasteiger partial charge in [0, 0.05) is 5.69 Å². The van der Waals surface area contributed by atoms with E-state index in [1.807, 2.05) is 26.0 Å². The van der Waals surface area contributed by atoms with E-state index in [9.17, 15) is 10.1 Å². The van der Waals surface area contributed by atoms with Crippen molar-refractivity contribution in [1.29, 1.82) is 5.26 Å². The molecule has 0 aliphatic heterocycles. The van der Waals surface area contributed by atoms with Gasteiger partial charge in [-0.25, -0.2) is 0 Å². The van der Waals surface area contributed by atoms with Crippen LogP contribution in [0, 0.1) is 17.2 Å². The van der Waals surface area contributed by atoms with Crippen molar-refractivity contribution in [2.75, 3.05) is 11.9 Å². The molecule has 4 heteroatoms. The monoisotopic (exact) mass is 299 g/mol. The zero-order chi connectivity index (χ0) is 16.2. The van der Waals surface area contributed by atoms with Crippen molar-refractivity contribution in [3.63, 3.8) is 0 Å². The van der Waals surface area contributed by atoms with Crippen molar-refractivity contribution in [2.45, 2.75) is 52.0 Å². The molecule has 0 aromatic heterocycles. The molecule has 1 aromatic rings. The van der Waals surface area contributed by atoms with Crippen molar-refractivity contribution in [2.24, 2.45) is 5.92 Å². The summed E-state index contributed by atoms with van der Waals surface area (Å²) in [5, 5.41) is 15.3. The molecule has 1 aliphatic rings. The highest BCUT2D eigenvalue weighted by Gasteiger charge is 2.29. The maximum absolute atomic E-state index is 12.1. The minimum Gasteiger partial charge on any atom is -0.376 e. The first-order valence-electron chi connectivity index (χ1n) is 8.03. The number of carbonyl (C=O) groups is 1. The predicted molar refractivity (Wildman–Crippen MR) is 88.6 cm³/mol. The Bertz CT molecular complexity index is 588. The van der Waals surface area contributed by atoms with Crippen LogP contribution in [-0.2, 0) is 17.6 Å². The van der Waals surface area contributed by atoms with E-state index in [4.69, 9.17) is 0 Å². The van der Waals surface area contributed by atoms with E-state index >= 15 is 0 Å². The van der Waals surface area contributed by atoms with Crippen LogP contribution < -0.4 is 10.6 Å². The molecule has 4 nitrogen and oxygen atoms in total. The van der Waals surface area contributed by atoms with Crippen LogP contribution in [0.5, 0.6) is 0 Å². The van der Waals surface area contributed by atoms with Crippen LogP contribution in [0.4, 0.5) is 5.69 Å². The number of nitrogens with one attached hydrogen (secondary N) is 2. The summed E-state index contributed by atoms with van der Waals surface area (Å²) < 4.78 is 0. The molecule has 1 atom stereocenters. The second kappa shape index (κ2) is 6.83. The molecule has 1 aliphatic carbocycles. The zero-order valence-corrected chi connectivity index (χ0v) is 13.7. The summed E-state index contributed by atoms with van der Waals surface area (Å²) in [7, 11) is 0. The Morgan fingerprint density at radius 3 is 2.77 bits per heavy atom. The first-order chi connectivity index (χ1) is 10.5. The first kappa shape index (κ1) is 16.4. The topological polar surface area (TPSA) is 64.9 Å². The highest BCUT2D eigenvalue weighted by molar-refractivity contribution is 5.82. The number of fused-ring (bicyclic) bond motifs is 1. The first-order valence-corrected chi connectivity index (χ1v) is 8.03. The Morgan fingerprint density at radius 2 is 2.09 bits per heavy atom. The van der Waals surface area contributed by atoms with Gasteiger partial charge < -0.3 is 10.6 Å². The Balaban J connectivity index is 1.99. The number of carbonyl (C=O) groups excluding carboxylic acids is 1. The average Bonchev–Trinajstić information content (AvgIpc) is 2.52.